The highest BCUT2D eigenvalue weighted by atomic mass is 16.4. The third-order valence-electron chi connectivity index (χ3n) is 2.71. The maximum Gasteiger partial charge on any atom is 0.322 e. The molecule has 2 heterocycles. The van der Waals surface area contributed by atoms with E-state index in [4.69, 9.17) is 5.11 Å². The lowest BCUT2D eigenvalue weighted by Crippen LogP contribution is -2.53. The topological polar surface area (TPSA) is 65.5 Å². The Morgan fingerprint density at radius 2 is 2.31 bits per heavy atom. The van der Waals surface area contributed by atoms with Gasteiger partial charge in [0.25, 0.3) is 0 Å². The standard InChI is InChI=1S/C11H15N3O2/c15-11(16)10-8-14(6-5-13-10)7-9-1-3-12-4-2-9/h1-4,10,13H,5-8H2,(H,15,16). The zero-order valence-corrected chi connectivity index (χ0v) is 8.97. The molecule has 0 spiro atoms. The summed E-state index contributed by atoms with van der Waals surface area (Å²) in [5.74, 6) is -0.778. The molecular weight excluding hydrogens is 206 g/mol. The molecule has 1 atom stereocenters. The molecule has 1 fully saturated rings. The van der Waals surface area contributed by atoms with Crippen LogP contribution in [-0.2, 0) is 11.3 Å². The van der Waals surface area contributed by atoms with Crippen LogP contribution in [0.4, 0.5) is 0 Å². The van der Waals surface area contributed by atoms with Gasteiger partial charge in [-0.15, -0.1) is 0 Å². The molecular formula is C11H15N3O2. The molecule has 1 aromatic heterocycles. The molecule has 5 heteroatoms. The summed E-state index contributed by atoms with van der Waals surface area (Å²) < 4.78 is 0. The Bertz CT molecular complexity index is 356. The van der Waals surface area contributed by atoms with Crippen LogP contribution < -0.4 is 5.32 Å². The van der Waals surface area contributed by atoms with Crippen molar-refractivity contribution in [3.63, 3.8) is 0 Å². The van der Waals surface area contributed by atoms with Crippen LogP contribution in [0, 0.1) is 0 Å². The summed E-state index contributed by atoms with van der Waals surface area (Å²) in [5, 5.41) is 11.9. The highest BCUT2D eigenvalue weighted by Crippen LogP contribution is 2.06. The van der Waals surface area contributed by atoms with Crippen LogP contribution in [0.3, 0.4) is 0 Å². The predicted octanol–water partition coefficient (Wildman–Crippen LogP) is -0.0600. The normalized spacial score (nSPS) is 21.9. The average molecular weight is 221 g/mol. The molecule has 16 heavy (non-hydrogen) atoms. The molecule has 1 unspecified atom stereocenters. The molecule has 0 aliphatic carbocycles. The fraction of sp³-hybridized carbons (Fsp3) is 0.455. The highest BCUT2D eigenvalue weighted by Gasteiger charge is 2.24. The first-order valence-corrected chi connectivity index (χ1v) is 5.33. The summed E-state index contributed by atoms with van der Waals surface area (Å²) in [7, 11) is 0. The van der Waals surface area contributed by atoms with Gasteiger partial charge in [0.2, 0.25) is 0 Å². The number of nitrogens with zero attached hydrogens (tertiary/aromatic N) is 2. The lowest BCUT2D eigenvalue weighted by molar-refractivity contribution is -0.140. The number of aliphatic carboxylic acids is 1. The average Bonchev–Trinajstić information content (AvgIpc) is 2.30. The van der Waals surface area contributed by atoms with Crippen LogP contribution in [0.2, 0.25) is 0 Å². The van der Waals surface area contributed by atoms with E-state index in [2.05, 4.69) is 15.2 Å². The molecule has 0 bridgehead atoms. The Kier molecular flexibility index (Phi) is 3.48. The maximum absolute atomic E-state index is 10.9. The van der Waals surface area contributed by atoms with Gasteiger partial charge in [-0.05, 0) is 17.7 Å². The number of piperazine rings is 1. The van der Waals surface area contributed by atoms with Crippen molar-refractivity contribution in [2.75, 3.05) is 19.6 Å². The number of pyridine rings is 1. The predicted molar refractivity (Wildman–Crippen MR) is 58.9 cm³/mol. The molecule has 1 aliphatic rings. The van der Waals surface area contributed by atoms with Gasteiger partial charge >= 0.3 is 5.97 Å². The number of carboxylic acids is 1. The van der Waals surface area contributed by atoms with E-state index in [-0.39, 0.29) is 0 Å². The molecule has 0 radical (unpaired) electrons. The van der Waals surface area contributed by atoms with Crippen LogP contribution in [0.25, 0.3) is 0 Å². The highest BCUT2D eigenvalue weighted by molar-refractivity contribution is 5.73. The third kappa shape index (κ3) is 2.77. The third-order valence-corrected chi connectivity index (χ3v) is 2.71. The van der Waals surface area contributed by atoms with Crippen LogP contribution in [0.5, 0.6) is 0 Å². The number of aromatic nitrogens is 1. The zero-order valence-electron chi connectivity index (χ0n) is 8.97. The summed E-state index contributed by atoms with van der Waals surface area (Å²) in [6.07, 6.45) is 3.51. The van der Waals surface area contributed by atoms with Gasteiger partial charge in [0.15, 0.2) is 0 Å². The van der Waals surface area contributed by atoms with Gasteiger partial charge in [0.05, 0.1) is 0 Å². The number of nitrogens with one attached hydrogen (secondary N) is 1. The summed E-state index contributed by atoms with van der Waals surface area (Å²) in [4.78, 5) is 17.0. The SMILES string of the molecule is O=C(O)C1CN(Cc2ccncc2)CCN1. The smallest absolute Gasteiger partial charge is 0.322 e. The Hall–Kier alpha value is -1.46. The summed E-state index contributed by atoms with van der Waals surface area (Å²) in [6.45, 7) is 2.94. The number of rotatable bonds is 3. The summed E-state index contributed by atoms with van der Waals surface area (Å²) >= 11 is 0. The van der Waals surface area contributed by atoms with Crippen LogP contribution in [0.15, 0.2) is 24.5 Å². The molecule has 2 N–H and O–H groups in total. The zero-order chi connectivity index (χ0) is 11.4. The van der Waals surface area contributed by atoms with Gasteiger partial charge in [-0.25, -0.2) is 0 Å². The van der Waals surface area contributed by atoms with Crippen molar-refractivity contribution in [3.8, 4) is 0 Å². The van der Waals surface area contributed by atoms with E-state index in [0.717, 1.165) is 19.6 Å². The number of hydrogen-bond donors (Lipinski definition) is 2. The maximum atomic E-state index is 10.9. The van der Waals surface area contributed by atoms with Gasteiger partial charge in [-0.3, -0.25) is 14.7 Å². The second-order valence-electron chi connectivity index (χ2n) is 3.94. The van der Waals surface area contributed by atoms with E-state index in [1.807, 2.05) is 12.1 Å². The monoisotopic (exact) mass is 221 g/mol. The Balaban J connectivity index is 1.93. The van der Waals surface area contributed by atoms with Crippen LogP contribution >= 0.6 is 0 Å². The molecule has 1 saturated heterocycles. The number of hydrogen-bond acceptors (Lipinski definition) is 4. The molecule has 5 nitrogen and oxygen atoms in total. The van der Waals surface area contributed by atoms with E-state index in [9.17, 15) is 4.79 Å². The number of carboxylic acid groups (broad SMARTS) is 1. The van der Waals surface area contributed by atoms with Crippen molar-refractivity contribution in [2.24, 2.45) is 0 Å². The first kappa shape index (κ1) is 11.0. The fourth-order valence-corrected chi connectivity index (χ4v) is 1.87. The van der Waals surface area contributed by atoms with Crippen LogP contribution in [-0.4, -0.2) is 46.6 Å². The quantitative estimate of drug-likeness (QED) is 0.748. The van der Waals surface area contributed by atoms with Crippen molar-refractivity contribution in [1.29, 1.82) is 0 Å². The molecule has 1 aromatic rings. The van der Waals surface area contributed by atoms with Gasteiger partial charge < -0.3 is 10.4 Å². The Labute approximate surface area is 94.1 Å². The van der Waals surface area contributed by atoms with E-state index in [1.54, 1.807) is 12.4 Å². The molecule has 86 valence electrons. The van der Waals surface area contributed by atoms with Gasteiger partial charge in [-0.2, -0.15) is 0 Å². The fourth-order valence-electron chi connectivity index (χ4n) is 1.87. The van der Waals surface area contributed by atoms with Crippen molar-refractivity contribution in [3.05, 3.63) is 30.1 Å². The van der Waals surface area contributed by atoms with Gasteiger partial charge in [0, 0.05) is 38.6 Å². The molecule has 1 aliphatic heterocycles. The minimum absolute atomic E-state index is 0.449. The summed E-state index contributed by atoms with van der Waals surface area (Å²) in [5.41, 5.74) is 1.17. The van der Waals surface area contributed by atoms with E-state index >= 15 is 0 Å². The molecule has 0 saturated carbocycles. The van der Waals surface area contributed by atoms with Gasteiger partial charge in [0.1, 0.15) is 6.04 Å². The second kappa shape index (κ2) is 5.05. The minimum Gasteiger partial charge on any atom is -0.480 e. The lowest BCUT2D eigenvalue weighted by atomic mass is 10.2. The lowest BCUT2D eigenvalue weighted by Gasteiger charge is -2.31. The largest absolute Gasteiger partial charge is 0.480 e. The van der Waals surface area contributed by atoms with E-state index in [0.29, 0.717) is 6.54 Å². The van der Waals surface area contributed by atoms with Crippen LogP contribution in [0.1, 0.15) is 5.56 Å². The van der Waals surface area contributed by atoms with Crippen molar-refractivity contribution >= 4 is 5.97 Å². The minimum atomic E-state index is -0.778. The second-order valence-corrected chi connectivity index (χ2v) is 3.94. The Morgan fingerprint density at radius 3 is 3.00 bits per heavy atom. The first-order chi connectivity index (χ1) is 7.75. The van der Waals surface area contributed by atoms with E-state index in [1.165, 1.54) is 5.56 Å². The molecule has 0 aromatic carbocycles. The molecule has 0 amide bonds. The van der Waals surface area contributed by atoms with Crippen molar-refractivity contribution < 1.29 is 9.90 Å². The Morgan fingerprint density at radius 1 is 1.56 bits per heavy atom. The summed E-state index contributed by atoms with van der Waals surface area (Å²) in [6, 6.07) is 3.46. The van der Waals surface area contributed by atoms with E-state index < -0.39 is 12.0 Å². The first-order valence-electron chi connectivity index (χ1n) is 5.33. The number of carbonyl (C=O) groups is 1. The van der Waals surface area contributed by atoms with Crippen molar-refractivity contribution in [2.45, 2.75) is 12.6 Å². The molecule has 2 rings (SSSR count). The van der Waals surface area contributed by atoms with Gasteiger partial charge in [-0.1, -0.05) is 0 Å². The van der Waals surface area contributed by atoms with Crippen molar-refractivity contribution in [1.82, 2.24) is 15.2 Å².